The molecule has 0 spiro atoms. The van der Waals surface area contributed by atoms with Crippen LogP contribution >= 0.6 is 11.3 Å². The number of anilines is 1. The zero-order chi connectivity index (χ0) is 19.5. The molecule has 1 aliphatic heterocycles. The van der Waals surface area contributed by atoms with E-state index in [1.165, 1.54) is 16.7 Å². The Bertz CT molecular complexity index is 961. The Balaban J connectivity index is 1.34. The van der Waals surface area contributed by atoms with Crippen LogP contribution in [-0.2, 0) is 22.5 Å². The van der Waals surface area contributed by atoms with E-state index in [4.69, 9.17) is 4.74 Å². The molecule has 4 rings (SSSR count). The van der Waals surface area contributed by atoms with Crippen molar-refractivity contribution < 1.29 is 9.53 Å². The molecule has 2 aromatic carbocycles. The van der Waals surface area contributed by atoms with E-state index in [0.717, 1.165) is 36.3 Å². The highest BCUT2D eigenvalue weighted by Crippen LogP contribution is 2.20. The number of fused-ring (bicyclic) bond motifs is 1. The van der Waals surface area contributed by atoms with Crippen LogP contribution in [0.25, 0.3) is 10.8 Å². The highest BCUT2D eigenvalue weighted by Gasteiger charge is 2.22. The Kier molecular flexibility index (Phi) is 5.71. The minimum Gasteiger partial charge on any atom is -0.373 e. The Labute approximate surface area is 169 Å². The summed E-state index contributed by atoms with van der Waals surface area (Å²) in [6.07, 6.45) is 0.824. The topological polar surface area (TPSA) is 54.5 Å². The van der Waals surface area contributed by atoms with Gasteiger partial charge in [-0.15, -0.1) is 11.3 Å². The summed E-state index contributed by atoms with van der Waals surface area (Å²) in [6.45, 7) is 6.80. The second-order valence-electron chi connectivity index (χ2n) is 7.50. The molecular weight excluding hydrogens is 370 g/mol. The second-order valence-corrected chi connectivity index (χ2v) is 8.36. The van der Waals surface area contributed by atoms with Crippen LogP contribution in [0.4, 0.5) is 5.13 Å². The van der Waals surface area contributed by atoms with Crippen LogP contribution in [0.2, 0.25) is 0 Å². The van der Waals surface area contributed by atoms with E-state index in [0.29, 0.717) is 11.6 Å². The molecule has 2 heterocycles. The standard InChI is InChI=1S/C22H25N3O2S/c1-15-11-25(12-16(2)27-15)13-20-14-28-22(23-20)24-21(26)10-17-7-8-18-5-3-4-6-19(18)9-17/h3-9,14-16H,10-13H2,1-2H3,(H,23,24,26). The number of hydrogen-bond donors (Lipinski definition) is 1. The van der Waals surface area contributed by atoms with Gasteiger partial charge in [0.25, 0.3) is 0 Å². The van der Waals surface area contributed by atoms with Crippen molar-refractivity contribution in [2.45, 2.75) is 39.0 Å². The van der Waals surface area contributed by atoms with Crippen molar-refractivity contribution >= 4 is 33.1 Å². The maximum absolute atomic E-state index is 12.4. The lowest BCUT2D eigenvalue weighted by atomic mass is 10.1. The normalized spacial score (nSPS) is 20.4. The molecule has 0 aliphatic carbocycles. The first-order valence-corrected chi connectivity index (χ1v) is 10.5. The van der Waals surface area contributed by atoms with Gasteiger partial charge in [0.05, 0.1) is 24.3 Å². The van der Waals surface area contributed by atoms with Crippen LogP contribution in [0, 0.1) is 0 Å². The fourth-order valence-electron chi connectivity index (χ4n) is 3.78. The summed E-state index contributed by atoms with van der Waals surface area (Å²) in [5, 5.41) is 7.96. The minimum absolute atomic E-state index is 0.0372. The number of morpholine rings is 1. The predicted molar refractivity (Wildman–Crippen MR) is 114 cm³/mol. The Hall–Kier alpha value is -2.28. The molecule has 1 amide bonds. The smallest absolute Gasteiger partial charge is 0.230 e. The lowest BCUT2D eigenvalue weighted by Crippen LogP contribution is -2.44. The third-order valence-electron chi connectivity index (χ3n) is 4.86. The van der Waals surface area contributed by atoms with Gasteiger partial charge in [-0.2, -0.15) is 0 Å². The van der Waals surface area contributed by atoms with Gasteiger partial charge >= 0.3 is 0 Å². The monoisotopic (exact) mass is 395 g/mol. The number of thiazole rings is 1. The number of carbonyl (C=O) groups excluding carboxylic acids is 1. The van der Waals surface area contributed by atoms with E-state index >= 15 is 0 Å². The summed E-state index contributed by atoms with van der Waals surface area (Å²) in [6, 6.07) is 14.3. The first kappa shape index (κ1) is 19.1. The molecule has 2 unspecified atom stereocenters. The molecular formula is C22H25N3O2S. The van der Waals surface area contributed by atoms with Gasteiger partial charge in [0.2, 0.25) is 5.91 Å². The number of carbonyl (C=O) groups is 1. The van der Waals surface area contributed by atoms with Crippen molar-refractivity contribution in [2.24, 2.45) is 0 Å². The predicted octanol–water partition coefficient (Wildman–Crippen LogP) is 4.09. The van der Waals surface area contributed by atoms with Gasteiger partial charge in [0.1, 0.15) is 0 Å². The molecule has 2 atom stereocenters. The minimum atomic E-state index is -0.0372. The molecule has 1 aliphatic rings. The van der Waals surface area contributed by atoms with Crippen LogP contribution in [0.3, 0.4) is 0 Å². The van der Waals surface area contributed by atoms with Gasteiger partial charge in [-0.3, -0.25) is 9.69 Å². The number of aromatic nitrogens is 1. The van der Waals surface area contributed by atoms with Gasteiger partial charge in [-0.05, 0) is 30.2 Å². The van der Waals surface area contributed by atoms with Gasteiger partial charge in [-0.1, -0.05) is 42.5 Å². The highest BCUT2D eigenvalue weighted by molar-refractivity contribution is 7.13. The zero-order valence-electron chi connectivity index (χ0n) is 16.2. The van der Waals surface area contributed by atoms with Gasteiger partial charge in [0.15, 0.2) is 5.13 Å². The zero-order valence-corrected chi connectivity index (χ0v) is 17.0. The molecule has 3 aromatic rings. The third-order valence-corrected chi connectivity index (χ3v) is 5.66. The maximum atomic E-state index is 12.4. The summed E-state index contributed by atoms with van der Waals surface area (Å²) in [5.74, 6) is -0.0372. The maximum Gasteiger partial charge on any atom is 0.230 e. The molecule has 0 radical (unpaired) electrons. The van der Waals surface area contributed by atoms with Crippen LogP contribution in [0.1, 0.15) is 25.1 Å². The van der Waals surface area contributed by atoms with Crippen LogP contribution in [0.5, 0.6) is 0 Å². The summed E-state index contributed by atoms with van der Waals surface area (Å²) in [5.41, 5.74) is 2.00. The summed E-state index contributed by atoms with van der Waals surface area (Å²) < 4.78 is 5.78. The number of nitrogens with one attached hydrogen (secondary N) is 1. The van der Waals surface area contributed by atoms with Crippen molar-refractivity contribution in [2.75, 3.05) is 18.4 Å². The first-order chi connectivity index (χ1) is 13.5. The van der Waals surface area contributed by atoms with E-state index in [1.807, 2.05) is 23.6 Å². The molecule has 1 N–H and O–H groups in total. The number of ether oxygens (including phenoxy) is 1. The quantitative estimate of drug-likeness (QED) is 0.707. The van der Waals surface area contributed by atoms with Crippen molar-refractivity contribution in [1.82, 2.24) is 9.88 Å². The van der Waals surface area contributed by atoms with E-state index in [1.54, 1.807) is 0 Å². The number of amides is 1. The van der Waals surface area contributed by atoms with Gasteiger partial charge in [-0.25, -0.2) is 4.98 Å². The van der Waals surface area contributed by atoms with Crippen molar-refractivity contribution in [1.29, 1.82) is 0 Å². The number of nitrogens with zero attached hydrogens (tertiary/aromatic N) is 2. The lowest BCUT2D eigenvalue weighted by Gasteiger charge is -2.34. The third kappa shape index (κ3) is 4.76. The fraction of sp³-hybridized carbons (Fsp3) is 0.364. The van der Waals surface area contributed by atoms with Gasteiger partial charge in [0, 0.05) is 25.0 Å². The Morgan fingerprint density at radius 2 is 1.93 bits per heavy atom. The molecule has 1 aromatic heterocycles. The molecule has 0 saturated carbocycles. The molecule has 0 bridgehead atoms. The fourth-order valence-corrected chi connectivity index (χ4v) is 4.49. The average Bonchev–Trinajstić information content (AvgIpc) is 3.07. The second kappa shape index (κ2) is 8.39. The summed E-state index contributed by atoms with van der Waals surface area (Å²) >= 11 is 1.48. The molecule has 1 saturated heterocycles. The van der Waals surface area contributed by atoms with E-state index in [9.17, 15) is 4.79 Å². The first-order valence-electron chi connectivity index (χ1n) is 9.65. The average molecular weight is 396 g/mol. The lowest BCUT2D eigenvalue weighted by molar-refractivity contribution is -0.115. The van der Waals surface area contributed by atoms with E-state index in [-0.39, 0.29) is 18.1 Å². The molecule has 6 heteroatoms. The number of rotatable bonds is 5. The Morgan fingerprint density at radius 3 is 2.71 bits per heavy atom. The van der Waals surface area contributed by atoms with Gasteiger partial charge < -0.3 is 10.1 Å². The largest absolute Gasteiger partial charge is 0.373 e. The van der Waals surface area contributed by atoms with Crippen molar-refractivity contribution in [3.63, 3.8) is 0 Å². The number of hydrogen-bond acceptors (Lipinski definition) is 5. The van der Waals surface area contributed by atoms with Crippen LogP contribution in [0.15, 0.2) is 47.8 Å². The summed E-state index contributed by atoms with van der Waals surface area (Å²) in [4.78, 5) is 19.4. The summed E-state index contributed by atoms with van der Waals surface area (Å²) in [7, 11) is 0. The van der Waals surface area contributed by atoms with E-state index in [2.05, 4.69) is 53.3 Å². The molecule has 5 nitrogen and oxygen atoms in total. The Morgan fingerprint density at radius 1 is 1.18 bits per heavy atom. The highest BCUT2D eigenvalue weighted by atomic mass is 32.1. The van der Waals surface area contributed by atoms with Crippen molar-refractivity contribution in [3.8, 4) is 0 Å². The van der Waals surface area contributed by atoms with Crippen LogP contribution < -0.4 is 5.32 Å². The number of benzene rings is 2. The van der Waals surface area contributed by atoms with Crippen molar-refractivity contribution in [3.05, 3.63) is 59.1 Å². The van der Waals surface area contributed by atoms with E-state index < -0.39 is 0 Å². The molecule has 146 valence electrons. The molecule has 28 heavy (non-hydrogen) atoms. The van der Waals surface area contributed by atoms with Crippen LogP contribution in [-0.4, -0.2) is 41.1 Å². The SMILES string of the molecule is CC1CN(Cc2csc(NC(=O)Cc3ccc4ccccc4c3)n2)CC(C)O1. The molecule has 1 fully saturated rings.